The van der Waals surface area contributed by atoms with E-state index in [2.05, 4.69) is 25.4 Å². The summed E-state index contributed by atoms with van der Waals surface area (Å²) < 4.78 is 6.44. The number of benzene rings is 2. The average Bonchev–Trinajstić information content (AvgIpc) is 3.37. The van der Waals surface area contributed by atoms with Crippen LogP contribution in [0.4, 0.5) is 11.6 Å². The summed E-state index contributed by atoms with van der Waals surface area (Å²) in [5, 5.41) is 7.92. The van der Waals surface area contributed by atoms with Gasteiger partial charge in [-0.2, -0.15) is 4.98 Å². The van der Waals surface area contributed by atoms with E-state index >= 15 is 0 Å². The van der Waals surface area contributed by atoms with E-state index in [1.54, 1.807) is 22.8 Å². The van der Waals surface area contributed by atoms with Crippen molar-refractivity contribution in [3.8, 4) is 17.1 Å². The molecule has 0 unspecified atom stereocenters. The summed E-state index contributed by atoms with van der Waals surface area (Å²) in [5.74, 6) is 1.31. The van der Waals surface area contributed by atoms with E-state index in [1.165, 1.54) is 12.7 Å². The molecule has 3 N–H and O–H groups in total. The summed E-state index contributed by atoms with van der Waals surface area (Å²) in [4.78, 5) is 31.0. The molecular weight excluding hydrogens is 456 g/mol. The van der Waals surface area contributed by atoms with Crippen molar-refractivity contribution in [2.45, 2.75) is 19.4 Å². The van der Waals surface area contributed by atoms with Gasteiger partial charge >= 0.3 is 0 Å². The van der Waals surface area contributed by atoms with Crippen LogP contribution in [0.15, 0.2) is 70.6 Å². The molecule has 0 spiro atoms. The van der Waals surface area contributed by atoms with Crippen LogP contribution in [-0.2, 0) is 0 Å². The maximum atomic E-state index is 13.7. The van der Waals surface area contributed by atoms with E-state index in [1.807, 2.05) is 37.3 Å². The number of nitrogen functional groups attached to an aromatic ring is 1. The molecule has 0 aliphatic carbocycles. The topological polar surface area (TPSA) is 138 Å². The Labute approximate surface area is 198 Å². The molecule has 10 nitrogen and oxygen atoms in total. The Bertz CT molecular complexity index is 1520. The third-order valence-corrected chi connectivity index (χ3v) is 5.69. The maximum Gasteiger partial charge on any atom is 0.267 e. The van der Waals surface area contributed by atoms with E-state index in [0.29, 0.717) is 45.2 Å². The van der Waals surface area contributed by atoms with Crippen molar-refractivity contribution in [3.05, 3.63) is 82.5 Å². The molecular formula is C23H19ClN8O2. The number of hydrogen-bond acceptors (Lipinski definition) is 9. The van der Waals surface area contributed by atoms with Crippen LogP contribution < -0.4 is 16.6 Å². The third kappa shape index (κ3) is 3.73. The molecule has 5 aromatic rings. The number of halogens is 1. The van der Waals surface area contributed by atoms with Crippen LogP contribution in [0.3, 0.4) is 0 Å². The number of nitrogens with two attached hydrogens (primary N) is 1. The standard InChI is InChI=1S/C23H19ClN8O2/c1-2-15(29-20-18(19(25)26-11-27-20)21-28-12-34-31-21)22-30-16-10-6-9-14(24)17(16)23(33)32(22)13-7-4-3-5-8-13/h3-12,15H,2H2,1H3,(H3,25,26,27,29)/t15-/m0/s1. The molecule has 170 valence electrons. The molecule has 0 amide bonds. The Morgan fingerprint density at radius 1 is 1.12 bits per heavy atom. The smallest absolute Gasteiger partial charge is 0.267 e. The average molecular weight is 475 g/mol. The Morgan fingerprint density at radius 2 is 1.94 bits per heavy atom. The quantitative estimate of drug-likeness (QED) is 0.373. The highest BCUT2D eigenvalue weighted by Crippen LogP contribution is 2.32. The zero-order valence-corrected chi connectivity index (χ0v) is 18.8. The van der Waals surface area contributed by atoms with Gasteiger partial charge in [-0.15, -0.1) is 0 Å². The molecule has 34 heavy (non-hydrogen) atoms. The second-order valence-corrected chi connectivity index (χ2v) is 7.83. The molecule has 0 saturated heterocycles. The number of anilines is 2. The van der Waals surface area contributed by atoms with Gasteiger partial charge in [-0.25, -0.2) is 15.0 Å². The van der Waals surface area contributed by atoms with Crippen molar-refractivity contribution in [1.82, 2.24) is 29.7 Å². The minimum atomic E-state index is -0.434. The van der Waals surface area contributed by atoms with E-state index in [0.717, 1.165) is 0 Å². The molecule has 0 fully saturated rings. The lowest BCUT2D eigenvalue weighted by atomic mass is 10.1. The van der Waals surface area contributed by atoms with E-state index < -0.39 is 6.04 Å². The molecule has 2 aromatic carbocycles. The van der Waals surface area contributed by atoms with Crippen LogP contribution in [0.2, 0.25) is 5.02 Å². The van der Waals surface area contributed by atoms with Crippen molar-refractivity contribution in [2.75, 3.05) is 11.1 Å². The predicted octanol–water partition coefficient (Wildman–Crippen LogP) is 4.02. The fourth-order valence-corrected chi connectivity index (χ4v) is 4.04. The highest BCUT2D eigenvalue weighted by molar-refractivity contribution is 6.35. The van der Waals surface area contributed by atoms with Crippen LogP contribution in [0.25, 0.3) is 28.0 Å². The minimum Gasteiger partial charge on any atom is -0.383 e. The van der Waals surface area contributed by atoms with Crippen LogP contribution >= 0.6 is 11.6 Å². The molecule has 0 aliphatic rings. The van der Waals surface area contributed by atoms with E-state index in [9.17, 15) is 4.79 Å². The first-order valence-electron chi connectivity index (χ1n) is 10.5. The number of para-hydroxylation sites is 1. The number of nitrogens with one attached hydrogen (secondary N) is 1. The Balaban J connectivity index is 1.71. The van der Waals surface area contributed by atoms with Gasteiger partial charge in [-0.1, -0.05) is 47.9 Å². The molecule has 11 heteroatoms. The van der Waals surface area contributed by atoms with Crippen LogP contribution in [0, 0.1) is 0 Å². The van der Waals surface area contributed by atoms with Crippen molar-refractivity contribution >= 4 is 34.1 Å². The number of rotatable bonds is 6. The summed E-state index contributed by atoms with van der Waals surface area (Å²) in [6.45, 7) is 1.97. The lowest BCUT2D eigenvalue weighted by Crippen LogP contribution is -2.28. The largest absolute Gasteiger partial charge is 0.383 e. The first-order valence-corrected chi connectivity index (χ1v) is 10.9. The van der Waals surface area contributed by atoms with Gasteiger partial charge in [0.15, 0.2) is 0 Å². The number of nitrogens with zero attached hydrogens (tertiary/aromatic N) is 6. The van der Waals surface area contributed by atoms with Crippen molar-refractivity contribution in [3.63, 3.8) is 0 Å². The second-order valence-electron chi connectivity index (χ2n) is 7.42. The highest BCUT2D eigenvalue weighted by Gasteiger charge is 2.24. The van der Waals surface area contributed by atoms with Gasteiger partial charge in [-0.05, 0) is 30.7 Å². The first-order chi connectivity index (χ1) is 16.6. The molecule has 0 saturated carbocycles. The van der Waals surface area contributed by atoms with Gasteiger partial charge in [0.25, 0.3) is 5.56 Å². The fraction of sp³-hybridized carbons (Fsp3) is 0.130. The SMILES string of the molecule is CC[C@H](Nc1ncnc(N)c1-c1ncon1)c1nc2cccc(Cl)c2c(=O)n1-c1ccccc1. The van der Waals surface area contributed by atoms with Gasteiger partial charge in [0.05, 0.1) is 27.7 Å². The molecule has 1 atom stereocenters. The van der Waals surface area contributed by atoms with Gasteiger partial charge in [0.2, 0.25) is 12.2 Å². The minimum absolute atomic E-state index is 0.187. The van der Waals surface area contributed by atoms with Gasteiger partial charge in [0.1, 0.15) is 29.4 Å². The molecule has 3 aromatic heterocycles. The summed E-state index contributed by atoms with van der Waals surface area (Å²) in [5.41, 5.74) is 7.40. The lowest BCUT2D eigenvalue weighted by molar-refractivity contribution is 0.418. The van der Waals surface area contributed by atoms with Crippen LogP contribution in [0.5, 0.6) is 0 Å². The molecule has 0 radical (unpaired) electrons. The number of hydrogen-bond donors (Lipinski definition) is 2. The second kappa shape index (κ2) is 8.91. The Kier molecular flexibility index (Phi) is 5.64. The Morgan fingerprint density at radius 3 is 2.68 bits per heavy atom. The third-order valence-electron chi connectivity index (χ3n) is 5.38. The zero-order valence-electron chi connectivity index (χ0n) is 18.0. The van der Waals surface area contributed by atoms with Crippen molar-refractivity contribution in [2.24, 2.45) is 0 Å². The number of aromatic nitrogens is 6. The normalized spacial score (nSPS) is 12.1. The molecule has 0 aliphatic heterocycles. The molecule has 0 bridgehead atoms. The summed E-state index contributed by atoms with van der Waals surface area (Å²) in [6, 6.07) is 14.1. The summed E-state index contributed by atoms with van der Waals surface area (Å²) in [6.07, 6.45) is 3.11. The van der Waals surface area contributed by atoms with Crippen LogP contribution in [0.1, 0.15) is 25.2 Å². The lowest BCUT2D eigenvalue weighted by Gasteiger charge is -2.23. The molecule has 5 rings (SSSR count). The molecule has 3 heterocycles. The van der Waals surface area contributed by atoms with Gasteiger partial charge in [-0.3, -0.25) is 9.36 Å². The fourth-order valence-electron chi connectivity index (χ4n) is 3.79. The van der Waals surface area contributed by atoms with E-state index in [4.69, 9.17) is 26.8 Å². The Hall–Kier alpha value is -4.31. The first kappa shape index (κ1) is 21.5. The monoisotopic (exact) mass is 474 g/mol. The van der Waals surface area contributed by atoms with Crippen molar-refractivity contribution in [1.29, 1.82) is 0 Å². The van der Waals surface area contributed by atoms with E-state index in [-0.39, 0.29) is 17.2 Å². The predicted molar refractivity (Wildman–Crippen MR) is 129 cm³/mol. The van der Waals surface area contributed by atoms with Gasteiger partial charge in [0, 0.05) is 0 Å². The zero-order chi connectivity index (χ0) is 23.7. The van der Waals surface area contributed by atoms with Crippen LogP contribution in [-0.4, -0.2) is 29.7 Å². The maximum absolute atomic E-state index is 13.7. The summed E-state index contributed by atoms with van der Waals surface area (Å²) >= 11 is 6.39. The summed E-state index contributed by atoms with van der Waals surface area (Å²) in [7, 11) is 0. The highest BCUT2D eigenvalue weighted by atomic mass is 35.5. The van der Waals surface area contributed by atoms with Gasteiger partial charge < -0.3 is 15.6 Å². The number of fused-ring (bicyclic) bond motifs is 1. The van der Waals surface area contributed by atoms with Crippen molar-refractivity contribution < 1.29 is 4.52 Å².